The molecule has 7 heteroatoms. The molecule has 1 fully saturated rings. The fraction of sp³-hybridized carbons (Fsp3) is 0.222. The summed E-state index contributed by atoms with van der Waals surface area (Å²) in [7, 11) is 1.95. The zero-order chi connectivity index (χ0) is 18.3. The Morgan fingerprint density at radius 2 is 1.96 bits per heavy atom. The molecule has 0 aliphatic carbocycles. The van der Waals surface area contributed by atoms with E-state index in [0.29, 0.717) is 10.5 Å². The van der Waals surface area contributed by atoms with E-state index in [0.717, 1.165) is 33.6 Å². The molecule has 0 atom stereocenters. The molecule has 2 aromatic rings. The van der Waals surface area contributed by atoms with Gasteiger partial charge in [-0.2, -0.15) is 0 Å². The van der Waals surface area contributed by atoms with Crippen molar-refractivity contribution in [2.75, 3.05) is 0 Å². The van der Waals surface area contributed by atoms with Gasteiger partial charge in [-0.3, -0.25) is 14.5 Å². The summed E-state index contributed by atoms with van der Waals surface area (Å²) in [6, 6.07) is 5.88. The Morgan fingerprint density at radius 3 is 2.56 bits per heavy atom. The molecule has 0 radical (unpaired) electrons. The number of hydrogen-bond donors (Lipinski definition) is 0. The lowest BCUT2D eigenvalue weighted by atomic mass is 10.2. The summed E-state index contributed by atoms with van der Waals surface area (Å²) in [6.07, 6.45) is 1.74. The fourth-order valence-corrected chi connectivity index (χ4v) is 3.68. The largest absolute Gasteiger partial charge is 0.352 e. The van der Waals surface area contributed by atoms with Gasteiger partial charge in [0.15, 0.2) is 0 Å². The molecule has 1 aliphatic heterocycles. The van der Waals surface area contributed by atoms with Crippen molar-refractivity contribution in [3.63, 3.8) is 0 Å². The number of aromatic nitrogens is 1. The first-order valence-corrected chi connectivity index (χ1v) is 8.79. The van der Waals surface area contributed by atoms with Gasteiger partial charge < -0.3 is 4.57 Å². The second-order valence-electron chi connectivity index (χ2n) is 5.89. The third-order valence-electron chi connectivity index (χ3n) is 4.32. The Balaban J connectivity index is 1.87. The van der Waals surface area contributed by atoms with Crippen LogP contribution in [0.15, 0.2) is 29.2 Å². The van der Waals surface area contributed by atoms with Crippen LogP contribution in [0.25, 0.3) is 6.08 Å². The van der Waals surface area contributed by atoms with Crippen molar-refractivity contribution in [3.8, 4) is 0 Å². The predicted molar refractivity (Wildman–Crippen MR) is 97.8 cm³/mol. The second kappa shape index (κ2) is 6.69. The molecule has 2 heterocycles. The van der Waals surface area contributed by atoms with E-state index in [4.69, 9.17) is 11.6 Å². The van der Waals surface area contributed by atoms with Gasteiger partial charge in [-0.1, -0.05) is 17.7 Å². The molecule has 1 aromatic carbocycles. The SMILES string of the molecule is Cc1cc(/C=C2\SC(=O)N(Cc3ccc(F)cc3Cl)C2=O)c(C)n1C. The molecule has 25 heavy (non-hydrogen) atoms. The number of benzene rings is 1. The van der Waals surface area contributed by atoms with Gasteiger partial charge in [0, 0.05) is 23.5 Å². The molecule has 2 amide bonds. The third kappa shape index (κ3) is 3.37. The van der Waals surface area contributed by atoms with Crippen molar-refractivity contribution < 1.29 is 14.0 Å². The van der Waals surface area contributed by atoms with Gasteiger partial charge in [-0.15, -0.1) is 0 Å². The van der Waals surface area contributed by atoms with Gasteiger partial charge in [0.05, 0.1) is 11.4 Å². The van der Waals surface area contributed by atoms with E-state index in [1.54, 1.807) is 6.08 Å². The number of aryl methyl sites for hydroxylation is 1. The summed E-state index contributed by atoms with van der Waals surface area (Å²) < 4.78 is 15.2. The van der Waals surface area contributed by atoms with Gasteiger partial charge in [0.25, 0.3) is 11.1 Å². The van der Waals surface area contributed by atoms with Crippen molar-refractivity contribution in [2.45, 2.75) is 20.4 Å². The van der Waals surface area contributed by atoms with Gasteiger partial charge >= 0.3 is 0 Å². The van der Waals surface area contributed by atoms with Crippen LogP contribution >= 0.6 is 23.4 Å². The van der Waals surface area contributed by atoms with Crippen molar-refractivity contribution in [3.05, 3.63) is 62.5 Å². The zero-order valence-electron chi connectivity index (χ0n) is 14.0. The van der Waals surface area contributed by atoms with Crippen LogP contribution in [0.5, 0.6) is 0 Å². The molecule has 4 nitrogen and oxygen atoms in total. The number of imide groups is 1. The standard InChI is InChI=1S/C18H16ClFN2O2S/c1-10-6-13(11(2)21(10)3)7-16-17(23)22(18(24)25-16)9-12-4-5-14(20)8-15(12)19/h4-8H,9H2,1-3H3/b16-7-. The number of halogens is 2. The minimum atomic E-state index is -0.460. The first-order valence-electron chi connectivity index (χ1n) is 7.60. The Morgan fingerprint density at radius 1 is 1.24 bits per heavy atom. The Labute approximate surface area is 154 Å². The van der Waals surface area contributed by atoms with Gasteiger partial charge in [-0.25, -0.2) is 4.39 Å². The summed E-state index contributed by atoms with van der Waals surface area (Å²) in [4.78, 5) is 26.3. The van der Waals surface area contributed by atoms with E-state index < -0.39 is 5.82 Å². The Hall–Kier alpha value is -2.05. The van der Waals surface area contributed by atoms with Gasteiger partial charge in [0.2, 0.25) is 0 Å². The summed E-state index contributed by atoms with van der Waals surface area (Å²) in [5.74, 6) is -0.825. The van der Waals surface area contributed by atoms with E-state index in [1.807, 2.05) is 31.5 Å². The van der Waals surface area contributed by atoms with E-state index in [2.05, 4.69) is 0 Å². The van der Waals surface area contributed by atoms with Crippen LogP contribution in [0.2, 0.25) is 5.02 Å². The van der Waals surface area contributed by atoms with Crippen molar-refractivity contribution in [2.24, 2.45) is 7.05 Å². The van der Waals surface area contributed by atoms with E-state index >= 15 is 0 Å². The summed E-state index contributed by atoms with van der Waals surface area (Å²) in [5.41, 5.74) is 3.52. The van der Waals surface area contributed by atoms with Crippen molar-refractivity contribution in [1.82, 2.24) is 9.47 Å². The van der Waals surface area contributed by atoms with E-state index in [1.165, 1.54) is 18.2 Å². The number of nitrogens with zero attached hydrogens (tertiary/aromatic N) is 2. The first kappa shape index (κ1) is 17.8. The summed E-state index contributed by atoms with van der Waals surface area (Å²) >= 11 is 6.90. The normalized spacial score (nSPS) is 16.4. The number of carbonyl (C=O) groups is 2. The smallest absolute Gasteiger partial charge is 0.293 e. The fourth-order valence-electron chi connectivity index (χ4n) is 2.63. The lowest BCUT2D eigenvalue weighted by Crippen LogP contribution is -2.27. The average Bonchev–Trinajstić information content (AvgIpc) is 2.95. The molecule has 0 unspecified atom stereocenters. The maximum absolute atomic E-state index is 13.1. The molecule has 3 rings (SSSR count). The monoisotopic (exact) mass is 378 g/mol. The van der Waals surface area contributed by atoms with Crippen LogP contribution in [0, 0.1) is 19.7 Å². The predicted octanol–water partition coefficient (Wildman–Crippen LogP) is 4.67. The number of hydrogen-bond acceptors (Lipinski definition) is 3. The molecule has 1 aromatic heterocycles. The number of amides is 2. The highest BCUT2D eigenvalue weighted by molar-refractivity contribution is 8.18. The van der Waals surface area contributed by atoms with Crippen LogP contribution < -0.4 is 0 Å². The van der Waals surface area contributed by atoms with E-state index in [9.17, 15) is 14.0 Å². The number of carbonyl (C=O) groups excluding carboxylic acids is 2. The maximum Gasteiger partial charge on any atom is 0.293 e. The van der Waals surface area contributed by atoms with E-state index in [-0.39, 0.29) is 22.7 Å². The molecule has 1 saturated heterocycles. The highest BCUT2D eigenvalue weighted by atomic mass is 35.5. The van der Waals surface area contributed by atoms with Crippen molar-refractivity contribution >= 4 is 40.6 Å². The minimum absolute atomic E-state index is 0.0217. The molecule has 0 N–H and O–H groups in total. The summed E-state index contributed by atoms with van der Waals surface area (Å²) in [6.45, 7) is 3.96. The highest BCUT2D eigenvalue weighted by Crippen LogP contribution is 2.35. The van der Waals surface area contributed by atoms with Crippen molar-refractivity contribution in [1.29, 1.82) is 0 Å². The Bertz CT molecular complexity index is 920. The lowest BCUT2D eigenvalue weighted by molar-refractivity contribution is -0.123. The minimum Gasteiger partial charge on any atom is -0.352 e. The molecule has 1 aliphatic rings. The van der Waals surface area contributed by atoms with Crippen LogP contribution in [0.4, 0.5) is 9.18 Å². The first-order chi connectivity index (χ1) is 11.8. The van der Waals surface area contributed by atoms with Gasteiger partial charge in [-0.05, 0) is 61.0 Å². The average molecular weight is 379 g/mol. The molecule has 130 valence electrons. The number of rotatable bonds is 3. The third-order valence-corrected chi connectivity index (χ3v) is 5.58. The van der Waals surface area contributed by atoms with Crippen LogP contribution in [0.1, 0.15) is 22.5 Å². The van der Waals surface area contributed by atoms with Gasteiger partial charge in [0.1, 0.15) is 5.82 Å². The maximum atomic E-state index is 13.1. The summed E-state index contributed by atoms with van der Waals surface area (Å²) in [5, 5.41) is -0.167. The van der Waals surface area contributed by atoms with Crippen LogP contribution in [-0.4, -0.2) is 20.6 Å². The Kier molecular flexibility index (Phi) is 4.75. The number of thioether (sulfide) groups is 1. The molecule has 0 spiro atoms. The van der Waals surface area contributed by atoms with Crippen LogP contribution in [-0.2, 0) is 18.4 Å². The quantitative estimate of drug-likeness (QED) is 0.729. The molecule has 0 saturated carbocycles. The molecular formula is C18H16ClFN2O2S. The lowest BCUT2D eigenvalue weighted by Gasteiger charge is -2.13. The highest BCUT2D eigenvalue weighted by Gasteiger charge is 2.35. The molecular weight excluding hydrogens is 363 g/mol. The molecule has 0 bridgehead atoms. The second-order valence-corrected chi connectivity index (χ2v) is 7.29. The zero-order valence-corrected chi connectivity index (χ0v) is 15.5. The topological polar surface area (TPSA) is 42.3 Å². The van der Waals surface area contributed by atoms with Crippen LogP contribution in [0.3, 0.4) is 0 Å².